The Morgan fingerprint density at radius 1 is 1.00 bits per heavy atom. The third-order valence-electron chi connectivity index (χ3n) is 1.97. The number of nitrogens with zero attached hydrogens (tertiary/aromatic N) is 1. The number of aliphatic imine (C=N–C) groups is 1. The van der Waals surface area contributed by atoms with Gasteiger partial charge in [-0.2, -0.15) is 0 Å². The van der Waals surface area contributed by atoms with E-state index in [2.05, 4.69) is 4.99 Å². The molecule has 2 N–H and O–H groups in total. The summed E-state index contributed by atoms with van der Waals surface area (Å²) in [5.74, 6) is -1.66. The molecule has 0 atom stereocenters. The van der Waals surface area contributed by atoms with Crippen LogP contribution < -0.4 is 5.73 Å². The number of esters is 2. The van der Waals surface area contributed by atoms with Gasteiger partial charge in [0.25, 0.3) is 11.6 Å². The van der Waals surface area contributed by atoms with Crippen molar-refractivity contribution in [2.24, 2.45) is 10.7 Å². The van der Waals surface area contributed by atoms with E-state index in [1.54, 1.807) is 20.8 Å². The summed E-state index contributed by atoms with van der Waals surface area (Å²) < 4.78 is 14.5. The fourth-order valence-corrected chi connectivity index (χ4v) is 1.12. The number of hydrogen-bond donors (Lipinski definition) is 1. The molecule has 0 saturated carbocycles. The van der Waals surface area contributed by atoms with Crippen molar-refractivity contribution in [1.29, 1.82) is 0 Å². The van der Waals surface area contributed by atoms with E-state index >= 15 is 0 Å². The van der Waals surface area contributed by atoms with Gasteiger partial charge in [0.1, 0.15) is 0 Å². The van der Waals surface area contributed by atoms with Crippen LogP contribution in [-0.4, -0.2) is 43.3 Å². The van der Waals surface area contributed by atoms with Crippen LogP contribution >= 0.6 is 0 Å². The largest absolute Gasteiger partial charge is 0.466 e. The van der Waals surface area contributed by atoms with E-state index in [0.717, 1.165) is 0 Å². The molecule has 0 unspecified atom stereocenters. The van der Waals surface area contributed by atoms with Gasteiger partial charge in [-0.1, -0.05) is 0 Å². The van der Waals surface area contributed by atoms with Gasteiger partial charge < -0.3 is 19.9 Å². The molecule has 0 spiro atoms. The van der Waals surface area contributed by atoms with Crippen LogP contribution in [0.2, 0.25) is 0 Å². The van der Waals surface area contributed by atoms with E-state index in [9.17, 15) is 9.59 Å². The summed E-state index contributed by atoms with van der Waals surface area (Å²) in [7, 11) is 0. The lowest BCUT2D eigenvalue weighted by molar-refractivity contribution is -0.162. The molecular formula is C11H20N2O5. The zero-order valence-electron chi connectivity index (χ0n) is 11.2. The van der Waals surface area contributed by atoms with Crippen LogP contribution in [0, 0.1) is 0 Å². The molecule has 0 aromatic heterocycles. The minimum absolute atomic E-state index is 0.123. The van der Waals surface area contributed by atoms with Crippen molar-refractivity contribution in [2.45, 2.75) is 33.2 Å². The third kappa shape index (κ3) is 4.23. The van der Waals surface area contributed by atoms with Crippen molar-refractivity contribution < 1.29 is 23.8 Å². The molecule has 0 radical (unpaired) electrons. The second-order valence-corrected chi connectivity index (χ2v) is 3.40. The summed E-state index contributed by atoms with van der Waals surface area (Å²) in [5, 5.41) is 0. The van der Waals surface area contributed by atoms with Crippen LogP contribution in [-0.2, 0) is 23.8 Å². The summed E-state index contributed by atoms with van der Waals surface area (Å²) in [4.78, 5) is 27.3. The lowest BCUT2D eigenvalue weighted by atomic mass is 10.0. The van der Waals surface area contributed by atoms with E-state index < -0.39 is 17.5 Å². The van der Waals surface area contributed by atoms with Gasteiger partial charge >= 0.3 is 11.9 Å². The van der Waals surface area contributed by atoms with Crippen molar-refractivity contribution in [1.82, 2.24) is 0 Å². The molecule has 7 nitrogen and oxygen atoms in total. The molecule has 0 aliphatic carbocycles. The van der Waals surface area contributed by atoms with Crippen LogP contribution in [0.25, 0.3) is 0 Å². The van der Waals surface area contributed by atoms with Crippen LogP contribution in [0.15, 0.2) is 4.99 Å². The van der Waals surface area contributed by atoms with E-state index in [4.69, 9.17) is 19.9 Å². The number of carbonyl (C=O) groups excluding carboxylic acids is 2. The first-order valence-corrected chi connectivity index (χ1v) is 5.74. The van der Waals surface area contributed by atoms with Crippen molar-refractivity contribution in [3.8, 4) is 0 Å². The lowest BCUT2D eigenvalue weighted by Crippen LogP contribution is -2.46. The Balaban J connectivity index is 5.20. The Kier molecular flexibility index (Phi) is 6.77. The summed E-state index contributed by atoms with van der Waals surface area (Å²) in [6.07, 6.45) is 0. The minimum atomic E-state index is -1.84. The van der Waals surface area contributed by atoms with Gasteiger partial charge in [0.05, 0.1) is 19.8 Å². The van der Waals surface area contributed by atoms with E-state index in [-0.39, 0.29) is 25.8 Å². The molecule has 0 heterocycles. The van der Waals surface area contributed by atoms with Crippen molar-refractivity contribution in [2.75, 3.05) is 19.8 Å². The zero-order valence-corrected chi connectivity index (χ0v) is 11.2. The first-order chi connectivity index (χ1) is 8.42. The van der Waals surface area contributed by atoms with Crippen LogP contribution in [0.5, 0.6) is 0 Å². The van der Waals surface area contributed by atoms with Crippen molar-refractivity contribution >= 4 is 18.0 Å². The van der Waals surface area contributed by atoms with Gasteiger partial charge in [0.2, 0.25) is 0 Å². The number of hydrogen-bond acceptors (Lipinski definition) is 6. The molecule has 104 valence electrons. The van der Waals surface area contributed by atoms with E-state index in [1.807, 2.05) is 0 Å². The summed E-state index contributed by atoms with van der Waals surface area (Å²) >= 11 is 0. The second-order valence-electron chi connectivity index (χ2n) is 3.40. The van der Waals surface area contributed by atoms with Crippen molar-refractivity contribution in [3.63, 3.8) is 0 Å². The van der Waals surface area contributed by atoms with Gasteiger partial charge in [-0.3, -0.25) is 0 Å². The van der Waals surface area contributed by atoms with E-state index in [1.165, 1.54) is 6.92 Å². The monoisotopic (exact) mass is 260 g/mol. The third-order valence-corrected chi connectivity index (χ3v) is 1.97. The Morgan fingerprint density at radius 3 is 1.72 bits per heavy atom. The standard InChI is InChI=1S/C11H20N2O5/c1-5-16-8(14)11(4,9(15)17-6-2)13-10(12)18-7-3/h5-7H2,1-4H3,(H2,12,13). The molecule has 0 saturated heterocycles. The Labute approximate surface area is 106 Å². The lowest BCUT2D eigenvalue weighted by Gasteiger charge is -2.21. The summed E-state index contributed by atoms with van der Waals surface area (Å²) in [6.45, 7) is 6.74. The summed E-state index contributed by atoms with van der Waals surface area (Å²) in [5.41, 5.74) is 3.61. The number of nitrogens with two attached hydrogens (primary N) is 1. The number of carbonyl (C=O) groups is 2. The molecule has 18 heavy (non-hydrogen) atoms. The van der Waals surface area contributed by atoms with Gasteiger partial charge in [-0.25, -0.2) is 14.6 Å². The molecule has 0 aliphatic rings. The van der Waals surface area contributed by atoms with Gasteiger partial charge in [0, 0.05) is 0 Å². The maximum absolute atomic E-state index is 11.8. The first kappa shape index (κ1) is 16.2. The fourth-order valence-electron chi connectivity index (χ4n) is 1.12. The molecule has 0 aromatic rings. The number of rotatable bonds is 6. The van der Waals surface area contributed by atoms with Crippen LogP contribution in [0.1, 0.15) is 27.7 Å². The van der Waals surface area contributed by atoms with Crippen molar-refractivity contribution in [3.05, 3.63) is 0 Å². The van der Waals surface area contributed by atoms with E-state index in [0.29, 0.717) is 0 Å². The molecule has 7 heteroatoms. The molecule has 0 aliphatic heterocycles. The Bertz CT molecular complexity index is 309. The quantitative estimate of drug-likeness (QED) is 0.317. The predicted molar refractivity (Wildman–Crippen MR) is 64.9 cm³/mol. The number of amidine groups is 1. The highest BCUT2D eigenvalue weighted by molar-refractivity contribution is 6.06. The minimum Gasteiger partial charge on any atom is -0.466 e. The Morgan fingerprint density at radius 2 is 1.39 bits per heavy atom. The fraction of sp³-hybridized carbons (Fsp3) is 0.727. The van der Waals surface area contributed by atoms with Gasteiger partial charge in [-0.05, 0) is 27.7 Å². The molecular weight excluding hydrogens is 240 g/mol. The average Bonchev–Trinajstić information content (AvgIpc) is 2.29. The summed E-state index contributed by atoms with van der Waals surface area (Å²) in [6, 6.07) is -0.263. The van der Waals surface area contributed by atoms with Gasteiger partial charge in [-0.15, -0.1) is 0 Å². The zero-order chi connectivity index (χ0) is 14.2. The molecule has 0 aromatic carbocycles. The molecule has 0 bridgehead atoms. The maximum Gasteiger partial charge on any atom is 0.345 e. The highest BCUT2D eigenvalue weighted by Crippen LogP contribution is 2.16. The first-order valence-electron chi connectivity index (χ1n) is 5.74. The van der Waals surface area contributed by atoms with Gasteiger partial charge in [0.15, 0.2) is 0 Å². The smallest absolute Gasteiger partial charge is 0.345 e. The Hall–Kier alpha value is -1.79. The maximum atomic E-state index is 11.8. The topological polar surface area (TPSA) is 100 Å². The SMILES string of the molecule is CCOC(=O)C(C)(N=C(N)OCC)C(=O)OCC. The molecule has 0 rings (SSSR count). The average molecular weight is 260 g/mol. The highest BCUT2D eigenvalue weighted by atomic mass is 16.6. The van der Waals surface area contributed by atoms with Crippen LogP contribution in [0.4, 0.5) is 0 Å². The second kappa shape index (κ2) is 7.52. The molecule has 0 amide bonds. The predicted octanol–water partition coefficient (Wildman–Crippen LogP) is 0.223. The number of ether oxygens (including phenoxy) is 3. The van der Waals surface area contributed by atoms with Crippen LogP contribution in [0.3, 0.4) is 0 Å². The normalized spacial score (nSPS) is 11.9. The molecule has 0 fully saturated rings. The highest BCUT2D eigenvalue weighted by Gasteiger charge is 2.45.